The number of hydrogen-bond acceptors (Lipinski definition) is 4. The minimum Gasteiger partial charge on any atom is -0.465 e. The predicted octanol–water partition coefficient (Wildman–Crippen LogP) is 2.61. The van der Waals surface area contributed by atoms with Crippen molar-refractivity contribution < 1.29 is 14.3 Å². The van der Waals surface area contributed by atoms with Crippen molar-refractivity contribution in [1.82, 2.24) is 4.90 Å². The van der Waals surface area contributed by atoms with Crippen molar-refractivity contribution in [3.8, 4) is 0 Å². The first-order valence-corrected chi connectivity index (χ1v) is 8.03. The fourth-order valence-electron chi connectivity index (χ4n) is 3.86. The zero-order valence-electron chi connectivity index (χ0n) is 13.2. The highest BCUT2D eigenvalue weighted by Crippen LogP contribution is 2.45. The Balaban J connectivity index is 1.96. The standard InChI is InChI=1S/C16H29NO3/c1-4-15(3)12-16(8-10-20-15)7-6-9-17(13-16)11-14(18)19-5-2/h4-13H2,1-3H3. The Bertz CT molecular complexity index is 343. The van der Waals surface area contributed by atoms with Gasteiger partial charge in [-0.2, -0.15) is 0 Å². The van der Waals surface area contributed by atoms with Crippen LogP contribution in [0.3, 0.4) is 0 Å². The summed E-state index contributed by atoms with van der Waals surface area (Å²) in [5.74, 6) is -0.0881. The molecule has 0 bridgehead atoms. The van der Waals surface area contributed by atoms with E-state index in [2.05, 4.69) is 18.7 Å². The molecule has 20 heavy (non-hydrogen) atoms. The third kappa shape index (κ3) is 3.73. The van der Waals surface area contributed by atoms with Gasteiger partial charge in [0.25, 0.3) is 0 Å². The fraction of sp³-hybridized carbons (Fsp3) is 0.938. The largest absolute Gasteiger partial charge is 0.465 e. The van der Waals surface area contributed by atoms with Gasteiger partial charge in [0.2, 0.25) is 0 Å². The van der Waals surface area contributed by atoms with E-state index in [1.54, 1.807) is 0 Å². The molecule has 0 N–H and O–H groups in total. The van der Waals surface area contributed by atoms with Crippen molar-refractivity contribution in [3.05, 3.63) is 0 Å². The normalized spacial score (nSPS) is 35.1. The van der Waals surface area contributed by atoms with Crippen molar-refractivity contribution in [2.24, 2.45) is 5.41 Å². The minimum atomic E-state index is -0.0881. The zero-order valence-corrected chi connectivity index (χ0v) is 13.2. The van der Waals surface area contributed by atoms with Crippen LogP contribution in [-0.4, -0.2) is 49.3 Å². The Morgan fingerprint density at radius 3 is 2.85 bits per heavy atom. The lowest BCUT2D eigenvalue weighted by molar-refractivity contribution is -0.149. The van der Waals surface area contributed by atoms with Crippen molar-refractivity contribution in [2.75, 3.05) is 32.8 Å². The van der Waals surface area contributed by atoms with Gasteiger partial charge in [-0.1, -0.05) is 6.92 Å². The van der Waals surface area contributed by atoms with Crippen LogP contribution in [0.1, 0.15) is 52.9 Å². The Morgan fingerprint density at radius 2 is 2.15 bits per heavy atom. The van der Waals surface area contributed by atoms with Crippen molar-refractivity contribution in [3.63, 3.8) is 0 Å². The van der Waals surface area contributed by atoms with Crippen molar-refractivity contribution >= 4 is 5.97 Å². The van der Waals surface area contributed by atoms with Gasteiger partial charge in [0.1, 0.15) is 0 Å². The molecule has 2 heterocycles. The number of carbonyl (C=O) groups excluding carboxylic acids is 1. The second kappa shape index (κ2) is 6.44. The number of likely N-dealkylation sites (tertiary alicyclic amines) is 1. The second-order valence-electron chi connectivity index (χ2n) is 6.70. The van der Waals surface area contributed by atoms with E-state index in [1.807, 2.05) is 6.92 Å². The second-order valence-corrected chi connectivity index (χ2v) is 6.70. The highest BCUT2D eigenvalue weighted by Gasteiger charge is 2.44. The number of carbonyl (C=O) groups is 1. The molecule has 2 saturated heterocycles. The van der Waals surface area contributed by atoms with Gasteiger partial charge in [0.05, 0.1) is 18.8 Å². The third-order valence-corrected chi connectivity index (χ3v) is 4.98. The molecule has 2 atom stereocenters. The molecule has 0 aromatic heterocycles. The molecular weight excluding hydrogens is 254 g/mol. The summed E-state index contributed by atoms with van der Waals surface area (Å²) in [6.07, 6.45) is 5.76. The number of nitrogens with zero attached hydrogens (tertiary/aromatic N) is 1. The SMILES string of the molecule is CCOC(=O)CN1CCCC2(CCOC(C)(CC)C2)C1. The Labute approximate surface area is 122 Å². The summed E-state index contributed by atoms with van der Waals surface area (Å²) in [7, 11) is 0. The van der Waals surface area contributed by atoms with Gasteiger partial charge >= 0.3 is 5.97 Å². The van der Waals surface area contributed by atoms with E-state index in [9.17, 15) is 4.79 Å². The molecule has 116 valence electrons. The van der Waals surface area contributed by atoms with Crippen LogP contribution in [0.5, 0.6) is 0 Å². The van der Waals surface area contributed by atoms with Crippen LogP contribution in [0.2, 0.25) is 0 Å². The predicted molar refractivity (Wildman–Crippen MR) is 78.6 cm³/mol. The summed E-state index contributed by atoms with van der Waals surface area (Å²) >= 11 is 0. The summed E-state index contributed by atoms with van der Waals surface area (Å²) in [6.45, 7) is 10.1. The number of rotatable bonds is 4. The van der Waals surface area contributed by atoms with Gasteiger partial charge in [-0.05, 0) is 57.9 Å². The Hall–Kier alpha value is -0.610. The van der Waals surface area contributed by atoms with E-state index >= 15 is 0 Å². The van der Waals surface area contributed by atoms with Crippen LogP contribution in [0.4, 0.5) is 0 Å². The third-order valence-electron chi connectivity index (χ3n) is 4.98. The molecule has 0 saturated carbocycles. The molecule has 2 aliphatic heterocycles. The molecule has 0 amide bonds. The van der Waals surface area contributed by atoms with Crippen LogP contribution < -0.4 is 0 Å². The quantitative estimate of drug-likeness (QED) is 0.743. The molecule has 2 rings (SSSR count). The van der Waals surface area contributed by atoms with Gasteiger partial charge < -0.3 is 9.47 Å². The van der Waals surface area contributed by atoms with E-state index in [4.69, 9.17) is 9.47 Å². The number of piperidine rings is 1. The first-order valence-electron chi connectivity index (χ1n) is 8.03. The maximum Gasteiger partial charge on any atom is 0.320 e. The molecule has 0 aromatic carbocycles. The lowest BCUT2D eigenvalue weighted by Crippen LogP contribution is -2.52. The molecule has 1 spiro atoms. The van der Waals surface area contributed by atoms with Gasteiger partial charge in [-0.3, -0.25) is 9.69 Å². The van der Waals surface area contributed by atoms with Crippen LogP contribution in [-0.2, 0) is 14.3 Å². The smallest absolute Gasteiger partial charge is 0.320 e. The molecule has 4 nitrogen and oxygen atoms in total. The van der Waals surface area contributed by atoms with E-state index < -0.39 is 0 Å². The molecule has 2 aliphatic rings. The Kier molecular flexibility index (Phi) is 5.08. The lowest BCUT2D eigenvalue weighted by atomic mass is 9.68. The summed E-state index contributed by atoms with van der Waals surface area (Å²) in [6, 6.07) is 0. The summed E-state index contributed by atoms with van der Waals surface area (Å²) in [5.41, 5.74) is 0.360. The van der Waals surface area contributed by atoms with E-state index in [1.165, 1.54) is 12.8 Å². The molecule has 0 aromatic rings. The molecule has 2 unspecified atom stereocenters. The highest BCUT2D eigenvalue weighted by atomic mass is 16.5. The van der Waals surface area contributed by atoms with Crippen molar-refractivity contribution in [1.29, 1.82) is 0 Å². The van der Waals surface area contributed by atoms with Crippen molar-refractivity contribution in [2.45, 2.75) is 58.5 Å². The topological polar surface area (TPSA) is 38.8 Å². The average molecular weight is 283 g/mol. The first-order chi connectivity index (χ1) is 9.51. The molecular formula is C16H29NO3. The van der Waals surface area contributed by atoms with Gasteiger partial charge in [0, 0.05) is 13.2 Å². The van der Waals surface area contributed by atoms with Crippen LogP contribution >= 0.6 is 0 Å². The van der Waals surface area contributed by atoms with Gasteiger partial charge in [-0.25, -0.2) is 0 Å². The molecule has 0 radical (unpaired) electrons. The minimum absolute atomic E-state index is 0.0190. The van der Waals surface area contributed by atoms with E-state index in [0.29, 0.717) is 18.6 Å². The number of ether oxygens (including phenoxy) is 2. The highest BCUT2D eigenvalue weighted by molar-refractivity contribution is 5.71. The van der Waals surface area contributed by atoms with Crippen LogP contribution in [0.25, 0.3) is 0 Å². The Morgan fingerprint density at radius 1 is 1.35 bits per heavy atom. The molecule has 2 fully saturated rings. The molecule has 4 heteroatoms. The van der Waals surface area contributed by atoms with Gasteiger partial charge in [-0.15, -0.1) is 0 Å². The number of hydrogen-bond donors (Lipinski definition) is 0. The molecule has 0 aliphatic carbocycles. The van der Waals surface area contributed by atoms with E-state index in [-0.39, 0.29) is 11.6 Å². The zero-order chi connectivity index (χ0) is 14.6. The number of esters is 1. The maximum atomic E-state index is 11.7. The summed E-state index contributed by atoms with van der Waals surface area (Å²) in [4.78, 5) is 14.0. The summed E-state index contributed by atoms with van der Waals surface area (Å²) < 4.78 is 11.1. The summed E-state index contributed by atoms with van der Waals surface area (Å²) in [5, 5.41) is 0. The maximum absolute atomic E-state index is 11.7. The average Bonchev–Trinajstić information content (AvgIpc) is 2.39. The van der Waals surface area contributed by atoms with Crippen LogP contribution in [0, 0.1) is 5.41 Å². The van der Waals surface area contributed by atoms with Crippen LogP contribution in [0.15, 0.2) is 0 Å². The first kappa shape index (κ1) is 15.8. The monoisotopic (exact) mass is 283 g/mol. The lowest BCUT2D eigenvalue weighted by Gasteiger charge is -2.50. The fourth-order valence-corrected chi connectivity index (χ4v) is 3.86. The van der Waals surface area contributed by atoms with Gasteiger partial charge in [0.15, 0.2) is 0 Å². The van der Waals surface area contributed by atoms with E-state index in [0.717, 1.165) is 39.0 Å².